The molecule has 0 fully saturated rings. The number of amides is 1. The van der Waals surface area contributed by atoms with Crippen LogP contribution in [0.3, 0.4) is 0 Å². The van der Waals surface area contributed by atoms with Crippen LogP contribution in [0.2, 0.25) is 0 Å². The van der Waals surface area contributed by atoms with Crippen molar-refractivity contribution in [3.8, 4) is 0 Å². The van der Waals surface area contributed by atoms with Gasteiger partial charge in [-0.05, 0) is 26.2 Å². The van der Waals surface area contributed by atoms with E-state index < -0.39 is 0 Å². The van der Waals surface area contributed by atoms with Gasteiger partial charge in [0, 0.05) is 19.2 Å². The van der Waals surface area contributed by atoms with Gasteiger partial charge >= 0.3 is 0 Å². The molecule has 0 spiro atoms. The minimum atomic E-state index is -0.208. The predicted octanol–water partition coefficient (Wildman–Crippen LogP) is 0.898. The molecule has 3 unspecified atom stereocenters. The van der Waals surface area contributed by atoms with Crippen LogP contribution < -0.4 is 10.6 Å². The van der Waals surface area contributed by atoms with Gasteiger partial charge in [0.15, 0.2) is 0 Å². The molecule has 0 rings (SSSR count). The van der Waals surface area contributed by atoms with Gasteiger partial charge in [-0.15, -0.1) is 0 Å². The van der Waals surface area contributed by atoms with Crippen molar-refractivity contribution < 1.29 is 9.90 Å². The molecule has 16 heavy (non-hydrogen) atoms. The lowest BCUT2D eigenvalue weighted by Gasteiger charge is -2.23. The van der Waals surface area contributed by atoms with Gasteiger partial charge in [-0.25, -0.2) is 0 Å². The van der Waals surface area contributed by atoms with Gasteiger partial charge in [0.05, 0.1) is 6.04 Å². The Hall–Kier alpha value is -0.610. The molecule has 0 radical (unpaired) electrons. The number of hydrogen-bond acceptors (Lipinski definition) is 3. The van der Waals surface area contributed by atoms with Crippen LogP contribution in [-0.2, 0) is 4.79 Å². The van der Waals surface area contributed by atoms with Crippen LogP contribution >= 0.6 is 0 Å². The first-order chi connectivity index (χ1) is 7.52. The number of nitrogens with one attached hydrogen (secondary N) is 2. The molecule has 0 aromatic carbocycles. The summed E-state index contributed by atoms with van der Waals surface area (Å²) in [4.78, 5) is 11.6. The molecule has 0 saturated carbocycles. The lowest BCUT2D eigenvalue weighted by molar-refractivity contribution is -0.123. The Bertz CT molecular complexity index is 197. The van der Waals surface area contributed by atoms with Crippen molar-refractivity contribution in [2.75, 3.05) is 13.2 Å². The van der Waals surface area contributed by atoms with E-state index in [4.69, 9.17) is 5.11 Å². The van der Waals surface area contributed by atoms with E-state index in [1.54, 1.807) is 0 Å². The maximum absolute atomic E-state index is 11.6. The van der Waals surface area contributed by atoms with Crippen molar-refractivity contribution in [2.45, 2.75) is 52.6 Å². The highest BCUT2D eigenvalue weighted by molar-refractivity contribution is 5.81. The molecule has 0 aliphatic heterocycles. The minimum absolute atomic E-state index is 0.0328. The Labute approximate surface area is 98.8 Å². The molecule has 0 aromatic heterocycles. The topological polar surface area (TPSA) is 61.4 Å². The average molecular weight is 230 g/mol. The molecule has 4 nitrogen and oxygen atoms in total. The Morgan fingerprint density at radius 3 is 2.44 bits per heavy atom. The first-order valence-electron chi connectivity index (χ1n) is 6.17. The number of unbranched alkanes of at least 4 members (excludes halogenated alkanes) is 1. The Morgan fingerprint density at radius 2 is 1.94 bits per heavy atom. The van der Waals surface area contributed by atoms with Gasteiger partial charge < -0.3 is 15.7 Å². The molecule has 0 aliphatic rings. The zero-order valence-corrected chi connectivity index (χ0v) is 10.9. The summed E-state index contributed by atoms with van der Waals surface area (Å²) in [5, 5.41) is 15.1. The van der Waals surface area contributed by atoms with Crippen LogP contribution in [0.4, 0.5) is 0 Å². The highest BCUT2D eigenvalue weighted by Gasteiger charge is 2.17. The zero-order valence-electron chi connectivity index (χ0n) is 10.9. The zero-order chi connectivity index (χ0) is 12.6. The third-order valence-electron chi connectivity index (χ3n) is 2.88. The Morgan fingerprint density at radius 1 is 1.31 bits per heavy atom. The highest BCUT2D eigenvalue weighted by Crippen LogP contribution is 2.01. The molecule has 0 heterocycles. The fourth-order valence-electron chi connectivity index (χ4n) is 1.33. The van der Waals surface area contributed by atoms with Crippen LogP contribution in [0.5, 0.6) is 0 Å². The number of carbonyl (C=O) groups excluding carboxylic acids is 1. The van der Waals surface area contributed by atoms with Crippen molar-refractivity contribution in [3.63, 3.8) is 0 Å². The molecule has 3 N–H and O–H groups in total. The number of rotatable bonds is 8. The largest absolute Gasteiger partial charge is 0.396 e. The lowest BCUT2D eigenvalue weighted by Crippen LogP contribution is -2.48. The summed E-state index contributed by atoms with van der Waals surface area (Å²) in [5.41, 5.74) is 0. The number of carbonyl (C=O) groups is 1. The standard InChI is InChI=1S/C12H26N2O2/c1-5-6-7-13-12(16)11(4)14-10(3)9(2)8-15/h9-11,14-15H,5-8H2,1-4H3,(H,13,16). The molecule has 0 bridgehead atoms. The Balaban J connectivity index is 3.86. The van der Waals surface area contributed by atoms with E-state index in [0.717, 1.165) is 19.4 Å². The third-order valence-corrected chi connectivity index (χ3v) is 2.88. The summed E-state index contributed by atoms with van der Waals surface area (Å²) in [6, 6.07) is -0.0715. The van der Waals surface area contributed by atoms with Crippen LogP contribution in [0.15, 0.2) is 0 Å². The molecule has 0 aliphatic carbocycles. The smallest absolute Gasteiger partial charge is 0.236 e. The lowest BCUT2D eigenvalue weighted by atomic mass is 10.0. The number of aliphatic hydroxyl groups excluding tert-OH is 1. The second-order valence-electron chi connectivity index (χ2n) is 4.48. The van der Waals surface area contributed by atoms with E-state index in [0.29, 0.717) is 0 Å². The summed E-state index contributed by atoms with van der Waals surface area (Å²) in [6.07, 6.45) is 2.10. The van der Waals surface area contributed by atoms with Gasteiger partial charge in [-0.3, -0.25) is 4.79 Å². The van der Waals surface area contributed by atoms with E-state index in [1.807, 2.05) is 20.8 Å². The predicted molar refractivity (Wildman–Crippen MR) is 66.2 cm³/mol. The maximum atomic E-state index is 11.6. The minimum Gasteiger partial charge on any atom is -0.396 e. The first kappa shape index (κ1) is 15.4. The average Bonchev–Trinajstić information content (AvgIpc) is 2.27. The van der Waals surface area contributed by atoms with Gasteiger partial charge in [0.25, 0.3) is 0 Å². The van der Waals surface area contributed by atoms with E-state index >= 15 is 0 Å². The van der Waals surface area contributed by atoms with Crippen molar-refractivity contribution in [3.05, 3.63) is 0 Å². The van der Waals surface area contributed by atoms with Crippen LogP contribution in [0.25, 0.3) is 0 Å². The molecule has 0 saturated heterocycles. The molecule has 96 valence electrons. The second-order valence-corrected chi connectivity index (χ2v) is 4.48. The van der Waals surface area contributed by atoms with E-state index in [2.05, 4.69) is 17.6 Å². The van der Waals surface area contributed by atoms with Crippen molar-refractivity contribution in [1.29, 1.82) is 0 Å². The number of aliphatic hydroxyl groups is 1. The summed E-state index contributed by atoms with van der Waals surface area (Å²) < 4.78 is 0. The highest BCUT2D eigenvalue weighted by atomic mass is 16.3. The van der Waals surface area contributed by atoms with Crippen LogP contribution in [0, 0.1) is 5.92 Å². The van der Waals surface area contributed by atoms with Gasteiger partial charge in [0.2, 0.25) is 5.91 Å². The molecular formula is C12H26N2O2. The summed E-state index contributed by atoms with van der Waals surface area (Å²) in [7, 11) is 0. The maximum Gasteiger partial charge on any atom is 0.236 e. The summed E-state index contributed by atoms with van der Waals surface area (Å²) in [5.74, 6) is 0.191. The normalized spacial score (nSPS) is 16.6. The monoisotopic (exact) mass is 230 g/mol. The van der Waals surface area contributed by atoms with Gasteiger partial charge in [-0.2, -0.15) is 0 Å². The second kappa shape index (κ2) is 8.53. The fourth-order valence-corrected chi connectivity index (χ4v) is 1.33. The first-order valence-corrected chi connectivity index (χ1v) is 6.17. The van der Waals surface area contributed by atoms with Gasteiger partial charge in [-0.1, -0.05) is 20.3 Å². The van der Waals surface area contributed by atoms with Crippen molar-refractivity contribution in [1.82, 2.24) is 10.6 Å². The van der Waals surface area contributed by atoms with Gasteiger partial charge in [0.1, 0.15) is 0 Å². The van der Waals surface area contributed by atoms with E-state index in [9.17, 15) is 4.79 Å². The quantitative estimate of drug-likeness (QED) is 0.543. The Kier molecular flexibility index (Phi) is 8.21. The molecular weight excluding hydrogens is 204 g/mol. The van der Waals surface area contributed by atoms with E-state index in [1.165, 1.54) is 0 Å². The van der Waals surface area contributed by atoms with Crippen LogP contribution in [-0.4, -0.2) is 36.2 Å². The molecule has 3 atom stereocenters. The molecule has 0 aromatic rings. The SMILES string of the molecule is CCCCNC(=O)C(C)NC(C)C(C)CO. The fraction of sp³-hybridized carbons (Fsp3) is 0.917. The van der Waals surface area contributed by atoms with Crippen molar-refractivity contribution >= 4 is 5.91 Å². The third kappa shape index (κ3) is 6.08. The molecule has 1 amide bonds. The summed E-state index contributed by atoms with van der Waals surface area (Å²) in [6.45, 7) is 8.76. The van der Waals surface area contributed by atoms with Crippen LogP contribution in [0.1, 0.15) is 40.5 Å². The summed E-state index contributed by atoms with van der Waals surface area (Å²) >= 11 is 0. The molecule has 4 heteroatoms. The number of hydrogen-bond donors (Lipinski definition) is 3. The van der Waals surface area contributed by atoms with Crippen molar-refractivity contribution in [2.24, 2.45) is 5.92 Å². The van der Waals surface area contributed by atoms with E-state index in [-0.39, 0.29) is 30.5 Å².